The van der Waals surface area contributed by atoms with Gasteiger partial charge in [0.05, 0.1) is 19.2 Å². The van der Waals surface area contributed by atoms with E-state index in [1.54, 1.807) is 7.11 Å². The maximum absolute atomic E-state index is 5.62. The number of nitrogens with one attached hydrogen (secondary N) is 1. The Morgan fingerprint density at radius 3 is 2.84 bits per heavy atom. The standard InChI is InChI=1S/C14H20N2O2S/c1-10(2)9-18-8-7-16-11-5-4-6-12(17-3)13(11)15-14(16)19/h4-6,10H,7-9H2,1-3H3,(H,15,19). The van der Waals surface area contributed by atoms with E-state index in [1.807, 2.05) is 22.8 Å². The van der Waals surface area contributed by atoms with Gasteiger partial charge in [-0.15, -0.1) is 0 Å². The van der Waals surface area contributed by atoms with Gasteiger partial charge in [-0.3, -0.25) is 0 Å². The summed E-state index contributed by atoms with van der Waals surface area (Å²) < 4.78 is 13.7. The fourth-order valence-corrected chi connectivity index (χ4v) is 2.31. The molecule has 1 aromatic heterocycles. The second kappa shape index (κ2) is 6.21. The summed E-state index contributed by atoms with van der Waals surface area (Å²) in [5.41, 5.74) is 2.00. The molecule has 1 heterocycles. The van der Waals surface area contributed by atoms with Crippen molar-refractivity contribution >= 4 is 23.3 Å². The van der Waals surface area contributed by atoms with Gasteiger partial charge in [-0.1, -0.05) is 19.9 Å². The summed E-state index contributed by atoms with van der Waals surface area (Å²) in [6, 6.07) is 5.93. The van der Waals surface area contributed by atoms with Crippen molar-refractivity contribution in [3.63, 3.8) is 0 Å². The van der Waals surface area contributed by atoms with E-state index in [0.717, 1.165) is 29.9 Å². The predicted molar refractivity (Wildman–Crippen MR) is 79.3 cm³/mol. The molecule has 4 nitrogen and oxygen atoms in total. The molecule has 1 N–H and O–H groups in total. The second-order valence-electron chi connectivity index (χ2n) is 4.90. The first kappa shape index (κ1) is 14.1. The molecule has 104 valence electrons. The lowest BCUT2D eigenvalue weighted by molar-refractivity contribution is 0.103. The number of fused-ring (bicyclic) bond motifs is 1. The average molecular weight is 280 g/mol. The van der Waals surface area contributed by atoms with Crippen LogP contribution in [0.15, 0.2) is 18.2 Å². The molecule has 0 fully saturated rings. The first-order valence-electron chi connectivity index (χ1n) is 6.46. The quantitative estimate of drug-likeness (QED) is 0.651. The number of methoxy groups -OCH3 is 1. The second-order valence-corrected chi connectivity index (χ2v) is 5.29. The van der Waals surface area contributed by atoms with Gasteiger partial charge in [-0.25, -0.2) is 0 Å². The predicted octanol–water partition coefficient (Wildman–Crippen LogP) is 3.38. The van der Waals surface area contributed by atoms with Gasteiger partial charge in [-0.2, -0.15) is 0 Å². The molecule has 0 saturated heterocycles. The van der Waals surface area contributed by atoms with Crippen molar-refractivity contribution in [3.8, 4) is 5.75 Å². The molecule has 2 aromatic rings. The number of aromatic nitrogens is 2. The Kier molecular flexibility index (Phi) is 4.61. The zero-order valence-corrected chi connectivity index (χ0v) is 12.4. The molecule has 0 radical (unpaired) electrons. The van der Waals surface area contributed by atoms with Gasteiger partial charge in [0.25, 0.3) is 0 Å². The van der Waals surface area contributed by atoms with Gasteiger partial charge < -0.3 is 19.0 Å². The van der Waals surface area contributed by atoms with E-state index in [4.69, 9.17) is 21.7 Å². The number of imidazole rings is 1. The Bertz CT molecular complexity index is 601. The lowest BCUT2D eigenvalue weighted by atomic mass is 10.2. The van der Waals surface area contributed by atoms with Crippen molar-refractivity contribution in [1.82, 2.24) is 9.55 Å². The van der Waals surface area contributed by atoms with Crippen LogP contribution < -0.4 is 4.74 Å². The molecule has 19 heavy (non-hydrogen) atoms. The molecule has 0 amide bonds. The Balaban J connectivity index is 2.19. The maximum atomic E-state index is 5.62. The molecular weight excluding hydrogens is 260 g/mol. The van der Waals surface area contributed by atoms with Crippen molar-refractivity contribution in [2.24, 2.45) is 5.92 Å². The van der Waals surface area contributed by atoms with E-state index in [-0.39, 0.29) is 0 Å². The van der Waals surface area contributed by atoms with Crippen LogP contribution in [0.4, 0.5) is 0 Å². The van der Waals surface area contributed by atoms with Gasteiger partial charge in [-0.05, 0) is 30.3 Å². The molecule has 0 atom stereocenters. The minimum Gasteiger partial charge on any atom is -0.494 e. The zero-order chi connectivity index (χ0) is 13.8. The number of ether oxygens (including phenoxy) is 2. The van der Waals surface area contributed by atoms with Crippen LogP contribution in [0.1, 0.15) is 13.8 Å². The van der Waals surface area contributed by atoms with Crippen LogP contribution >= 0.6 is 12.2 Å². The van der Waals surface area contributed by atoms with Crippen LogP contribution in [-0.2, 0) is 11.3 Å². The van der Waals surface area contributed by atoms with Gasteiger partial charge in [0.1, 0.15) is 11.3 Å². The SMILES string of the molecule is COc1cccc2c1[nH]c(=S)n2CCOCC(C)C. The highest BCUT2D eigenvalue weighted by atomic mass is 32.1. The van der Waals surface area contributed by atoms with Crippen LogP contribution in [0.3, 0.4) is 0 Å². The smallest absolute Gasteiger partial charge is 0.178 e. The maximum Gasteiger partial charge on any atom is 0.178 e. The van der Waals surface area contributed by atoms with Crippen LogP contribution in [0, 0.1) is 10.7 Å². The molecule has 0 bridgehead atoms. The fourth-order valence-electron chi connectivity index (χ4n) is 2.02. The Labute approximate surface area is 118 Å². The van der Waals surface area contributed by atoms with Gasteiger partial charge in [0, 0.05) is 13.2 Å². The molecule has 2 rings (SSSR count). The van der Waals surface area contributed by atoms with Crippen molar-refractivity contribution in [2.45, 2.75) is 20.4 Å². The number of para-hydroxylation sites is 1. The molecule has 0 spiro atoms. The largest absolute Gasteiger partial charge is 0.494 e. The van der Waals surface area contributed by atoms with E-state index in [1.165, 1.54) is 0 Å². The summed E-state index contributed by atoms with van der Waals surface area (Å²) in [5.74, 6) is 1.36. The average Bonchev–Trinajstić information content (AvgIpc) is 2.70. The highest BCUT2D eigenvalue weighted by Gasteiger charge is 2.08. The Morgan fingerprint density at radius 2 is 2.16 bits per heavy atom. The number of H-pyrrole nitrogens is 1. The summed E-state index contributed by atoms with van der Waals surface area (Å²) in [4.78, 5) is 3.19. The molecular formula is C14H20N2O2S. The number of aromatic amines is 1. The van der Waals surface area contributed by atoms with E-state index in [0.29, 0.717) is 17.3 Å². The van der Waals surface area contributed by atoms with Crippen LogP contribution in [0.5, 0.6) is 5.75 Å². The summed E-state index contributed by atoms with van der Waals surface area (Å²) in [7, 11) is 1.66. The van der Waals surface area contributed by atoms with Crippen molar-refractivity contribution < 1.29 is 9.47 Å². The van der Waals surface area contributed by atoms with E-state index < -0.39 is 0 Å². The van der Waals surface area contributed by atoms with Crippen LogP contribution in [0.25, 0.3) is 11.0 Å². The third-order valence-electron chi connectivity index (χ3n) is 2.90. The minimum atomic E-state index is 0.552. The molecule has 0 unspecified atom stereocenters. The zero-order valence-electron chi connectivity index (χ0n) is 11.6. The number of benzene rings is 1. The Morgan fingerprint density at radius 1 is 1.37 bits per heavy atom. The highest BCUT2D eigenvalue weighted by molar-refractivity contribution is 7.71. The molecule has 0 aliphatic heterocycles. The fraction of sp³-hybridized carbons (Fsp3) is 0.500. The molecule has 0 aliphatic carbocycles. The molecule has 5 heteroatoms. The van der Waals surface area contributed by atoms with Gasteiger partial charge in [0.2, 0.25) is 0 Å². The lowest BCUT2D eigenvalue weighted by Gasteiger charge is -2.08. The van der Waals surface area contributed by atoms with Crippen LogP contribution in [0.2, 0.25) is 0 Å². The monoisotopic (exact) mass is 280 g/mol. The van der Waals surface area contributed by atoms with Crippen molar-refractivity contribution in [3.05, 3.63) is 23.0 Å². The van der Waals surface area contributed by atoms with E-state index in [9.17, 15) is 0 Å². The topological polar surface area (TPSA) is 39.2 Å². The number of hydrogen-bond acceptors (Lipinski definition) is 3. The summed E-state index contributed by atoms with van der Waals surface area (Å²) in [6.45, 7) is 6.47. The number of hydrogen-bond donors (Lipinski definition) is 1. The third-order valence-corrected chi connectivity index (χ3v) is 3.22. The van der Waals surface area contributed by atoms with E-state index in [2.05, 4.69) is 18.8 Å². The number of rotatable bonds is 6. The summed E-state index contributed by atoms with van der Waals surface area (Å²) >= 11 is 5.36. The van der Waals surface area contributed by atoms with E-state index >= 15 is 0 Å². The first-order chi connectivity index (χ1) is 9.13. The van der Waals surface area contributed by atoms with Crippen LogP contribution in [-0.4, -0.2) is 29.9 Å². The van der Waals surface area contributed by atoms with Crippen molar-refractivity contribution in [1.29, 1.82) is 0 Å². The Hall–Kier alpha value is -1.33. The van der Waals surface area contributed by atoms with Crippen molar-refractivity contribution in [2.75, 3.05) is 20.3 Å². The third kappa shape index (κ3) is 3.16. The molecule has 1 aromatic carbocycles. The normalized spacial score (nSPS) is 11.4. The molecule has 0 saturated carbocycles. The summed E-state index contributed by atoms with van der Waals surface area (Å²) in [6.07, 6.45) is 0. The first-order valence-corrected chi connectivity index (χ1v) is 6.87. The number of nitrogens with zero attached hydrogens (tertiary/aromatic N) is 1. The minimum absolute atomic E-state index is 0.552. The molecule has 0 aliphatic rings. The summed E-state index contributed by atoms with van der Waals surface area (Å²) in [5, 5.41) is 0. The van der Waals surface area contributed by atoms with Gasteiger partial charge >= 0.3 is 0 Å². The lowest BCUT2D eigenvalue weighted by Crippen LogP contribution is -2.09. The van der Waals surface area contributed by atoms with Gasteiger partial charge in [0.15, 0.2) is 4.77 Å². The highest BCUT2D eigenvalue weighted by Crippen LogP contribution is 2.24.